The van der Waals surface area contributed by atoms with Crippen LogP contribution in [0.5, 0.6) is 0 Å². The van der Waals surface area contributed by atoms with Gasteiger partial charge in [0.25, 0.3) is 0 Å². The van der Waals surface area contributed by atoms with E-state index in [1.54, 1.807) is 6.07 Å². The molecule has 0 fully saturated rings. The highest BCUT2D eigenvalue weighted by atomic mass is 32.1. The summed E-state index contributed by atoms with van der Waals surface area (Å²) in [6, 6.07) is 1.70. The van der Waals surface area contributed by atoms with Gasteiger partial charge in [-0.05, 0) is 6.07 Å². The first-order valence-corrected chi connectivity index (χ1v) is 7.58. The predicted octanol–water partition coefficient (Wildman–Crippen LogP) is 3.54. The summed E-state index contributed by atoms with van der Waals surface area (Å²) in [7, 11) is 0. The molecule has 1 N–H and O–H groups in total. The van der Waals surface area contributed by atoms with Gasteiger partial charge in [-0.15, -0.1) is 11.3 Å². The van der Waals surface area contributed by atoms with Crippen LogP contribution in [-0.4, -0.2) is 27.8 Å². The second-order valence-electron chi connectivity index (χ2n) is 4.70. The summed E-state index contributed by atoms with van der Waals surface area (Å²) >= 11 is 1.24. The maximum atomic E-state index is 12.7. The molecule has 6 nitrogen and oxygen atoms in total. The third kappa shape index (κ3) is 3.48. The Labute approximate surface area is 137 Å². The Morgan fingerprint density at radius 3 is 2.96 bits per heavy atom. The number of carbonyl (C=O) groups is 1. The van der Waals surface area contributed by atoms with Gasteiger partial charge >= 0.3 is 12.1 Å². The number of halogens is 3. The minimum Gasteiger partial charge on any atom is -0.472 e. The van der Waals surface area contributed by atoms with Crippen LogP contribution in [0, 0.1) is 0 Å². The van der Waals surface area contributed by atoms with E-state index in [0.29, 0.717) is 5.01 Å². The average molecular weight is 357 g/mol. The van der Waals surface area contributed by atoms with E-state index in [9.17, 15) is 18.0 Å². The van der Waals surface area contributed by atoms with Crippen molar-refractivity contribution in [1.82, 2.24) is 15.2 Å². The van der Waals surface area contributed by atoms with E-state index in [-0.39, 0.29) is 24.3 Å². The fourth-order valence-electron chi connectivity index (χ4n) is 1.96. The third-order valence-corrected chi connectivity index (χ3v) is 3.98. The number of aromatic nitrogens is 3. The monoisotopic (exact) mass is 357 g/mol. The number of nitrogens with zero attached hydrogens (tertiary/aromatic N) is 2. The molecule has 0 aliphatic heterocycles. The standard InChI is InChI=1S/C14H10F3N3O3S/c15-14(16,17)11-8(5-18-20-11)2-4-23-13(21)10-7-24-12(19-10)9-1-3-22-6-9/h1,3,5-7H,2,4H2,(H,18,20). The molecular formula is C14H10F3N3O3S. The van der Waals surface area contributed by atoms with E-state index >= 15 is 0 Å². The van der Waals surface area contributed by atoms with Crippen molar-refractivity contribution in [1.29, 1.82) is 0 Å². The van der Waals surface area contributed by atoms with Gasteiger partial charge in [-0.2, -0.15) is 18.3 Å². The van der Waals surface area contributed by atoms with E-state index < -0.39 is 17.8 Å². The molecule has 0 amide bonds. The molecule has 3 aromatic heterocycles. The molecule has 0 atom stereocenters. The van der Waals surface area contributed by atoms with Crippen molar-refractivity contribution < 1.29 is 27.1 Å². The van der Waals surface area contributed by atoms with E-state index in [1.165, 1.54) is 29.2 Å². The Balaban J connectivity index is 1.58. The summed E-state index contributed by atoms with van der Waals surface area (Å²) in [5, 5.41) is 7.38. The molecule has 0 bridgehead atoms. The number of esters is 1. The third-order valence-electron chi connectivity index (χ3n) is 3.09. The molecule has 0 aliphatic carbocycles. The molecule has 126 valence electrons. The zero-order valence-electron chi connectivity index (χ0n) is 12.0. The summed E-state index contributed by atoms with van der Waals surface area (Å²) in [5.74, 6) is -0.696. The van der Waals surface area contributed by atoms with Crippen LogP contribution in [0.25, 0.3) is 10.6 Å². The Morgan fingerprint density at radius 1 is 1.42 bits per heavy atom. The number of ether oxygens (including phenoxy) is 1. The molecule has 0 saturated carbocycles. The van der Waals surface area contributed by atoms with Gasteiger partial charge in [0, 0.05) is 22.9 Å². The Bertz CT molecular complexity index is 824. The Morgan fingerprint density at radius 2 is 2.25 bits per heavy atom. The first-order chi connectivity index (χ1) is 11.4. The van der Waals surface area contributed by atoms with Gasteiger partial charge in [-0.25, -0.2) is 9.78 Å². The van der Waals surface area contributed by atoms with Gasteiger partial charge in [0.15, 0.2) is 5.69 Å². The average Bonchev–Trinajstić information content (AvgIpc) is 3.26. The fraction of sp³-hybridized carbons (Fsp3) is 0.214. The lowest BCUT2D eigenvalue weighted by Crippen LogP contribution is -2.12. The predicted molar refractivity (Wildman–Crippen MR) is 77.4 cm³/mol. The summed E-state index contributed by atoms with van der Waals surface area (Å²) in [6.07, 6.45) is -0.583. The van der Waals surface area contributed by atoms with Crippen LogP contribution < -0.4 is 0 Å². The van der Waals surface area contributed by atoms with Crippen LogP contribution in [0.2, 0.25) is 0 Å². The molecule has 0 radical (unpaired) electrons. The zero-order chi connectivity index (χ0) is 17.2. The number of rotatable bonds is 5. The van der Waals surface area contributed by atoms with Crippen molar-refractivity contribution in [3.63, 3.8) is 0 Å². The number of hydrogen-bond acceptors (Lipinski definition) is 6. The molecule has 0 aromatic carbocycles. The smallest absolute Gasteiger partial charge is 0.433 e. The molecule has 0 aliphatic rings. The van der Waals surface area contributed by atoms with E-state index in [0.717, 1.165) is 11.8 Å². The first-order valence-electron chi connectivity index (χ1n) is 6.70. The lowest BCUT2D eigenvalue weighted by atomic mass is 10.2. The Hall–Kier alpha value is -2.62. The zero-order valence-corrected chi connectivity index (χ0v) is 12.8. The van der Waals surface area contributed by atoms with Crippen LogP contribution in [0.1, 0.15) is 21.7 Å². The number of furan rings is 1. The number of H-pyrrole nitrogens is 1. The fourth-order valence-corrected chi connectivity index (χ4v) is 2.74. The highest BCUT2D eigenvalue weighted by Gasteiger charge is 2.35. The van der Waals surface area contributed by atoms with E-state index in [4.69, 9.17) is 9.15 Å². The molecule has 0 saturated heterocycles. The van der Waals surface area contributed by atoms with Gasteiger partial charge in [0.05, 0.1) is 19.1 Å². The molecule has 24 heavy (non-hydrogen) atoms. The van der Waals surface area contributed by atoms with Crippen molar-refractivity contribution in [2.45, 2.75) is 12.6 Å². The largest absolute Gasteiger partial charge is 0.472 e. The van der Waals surface area contributed by atoms with Gasteiger partial charge < -0.3 is 9.15 Å². The van der Waals surface area contributed by atoms with Gasteiger partial charge in [0.1, 0.15) is 17.0 Å². The first kappa shape index (κ1) is 16.2. The minimum atomic E-state index is -4.52. The molecule has 0 unspecified atom stereocenters. The lowest BCUT2D eigenvalue weighted by molar-refractivity contribution is -0.141. The Kier molecular flexibility index (Phi) is 4.38. The number of thiazole rings is 1. The highest BCUT2D eigenvalue weighted by molar-refractivity contribution is 7.13. The van der Waals surface area contributed by atoms with Crippen LogP contribution in [0.4, 0.5) is 13.2 Å². The van der Waals surface area contributed by atoms with E-state index in [1.807, 2.05) is 5.10 Å². The molecule has 3 heterocycles. The number of alkyl halides is 3. The molecule has 0 spiro atoms. The van der Waals surface area contributed by atoms with E-state index in [2.05, 4.69) is 10.1 Å². The summed E-state index contributed by atoms with van der Waals surface area (Å²) in [5.41, 5.74) is -0.172. The van der Waals surface area contributed by atoms with Gasteiger partial charge in [-0.3, -0.25) is 5.10 Å². The van der Waals surface area contributed by atoms with Crippen molar-refractivity contribution in [3.05, 3.63) is 47.1 Å². The molecule has 3 rings (SSSR count). The summed E-state index contributed by atoms with van der Waals surface area (Å²) in [4.78, 5) is 16.0. The SMILES string of the molecule is O=C(OCCc1cn[nH]c1C(F)(F)F)c1csc(-c2ccoc2)n1. The number of hydrogen-bond donors (Lipinski definition) is 1. The van der Waals surface area contributed by atoms with Crippen molar-refractivity contribution in [2.24, 2.45) is 0 Å². The van der Waals surface area contributed by atoms with Crippen LogP contribution in [-0.2, 0) is 17.3 Å². The topological polar surface area (TPSA) is 81.0 Å². The van der Waals surface area contributed by atoms with Crippen molar-refractivity contribution >= 4 is 17.3 Å². The lowest BCUT2D eigenvalue weighted by Gasteiger charge is -2.07. The van der Waals surface area contributed by atoms with Gasteiger partial charge in [0.2, 0.25) is 0 Å². The van der Waals surface area contributed by atoms with Crippen LogP contribution in [0.3, 0.4) is 0 Å². The number of nitrogens with one attached hydrogen (secondary N) is 1. The second kappa shape index (κ2) is 6.48. The molecule has 3 aromatic rings. The maximum Gasteiger partial charge on any atom is 0.433 e. The number of aromatic amines is 1. The second-order valence-corrected chi connectivity index (χ2v) is 5.56. The maximum absolute atomic E-state index is 12.7. The molecule has 10 heteroatoms. The van der Waals surface area contributed by atoms with Gasteiger partial charge in [-0.1, -0.05) is 0 Å². The normalized spacial score (nSPS) is 11.6. The summed E-state index contributed by atoms with van der Waals surface area (Å²) < 4.78 is 47.9. The summed E-state index contributed by atoms with van der Waals surface area (Å²) in [6.45, 7) is -0.208. The highest BCUT2D eigenvalue weighted by Crippen LogP contribution is 2.30. The van der Waals surface area contributed by atoms with Crippen LogP contribution >= 0.6 is 11.3 Å². The van der Waals surface area contributed by atoms with Crippen LogP contribution in [0.15, 0.2) is 34.6 Å². The van der Waals surface area contributed by atoms with Crippen molar-refractivity contribution in [2.75, 3.05) is 6.61 Å². The minimum absolute atomic E-state index is 0.0623. The quantitative estimate of drug-likeness (QED) is 0.707. The molecular weight excluding hydrogens is 347 g/mol. The number of carbonyl (C=O) groups excluding carboxylic acids is 1. The van der Waals surface area contributed by atoms with Crippen molar-refractivity contribution in [3.8, 4) is 10.6 Å².